The number of halogens is 1. The van der Waals surface area contributed by atoms with Crippen molar-refractivity contribution in [3.8, 4) is 5.69 Å². The van der Waals surface area contributed by atoms with E-state index in [1.54, 1.807) is 4.57 Å². The van der Waals surface area contributed by atoms with Crippen molar-refractivity contribution < 1.29 is 0 Å². The highest BCUT2D eigenvalue weighted by Gasteiger charge is 2.08. The summed E-state index contributed by atoms with van der Waals surface area (Å²) in [6.45, 7) is 2.01. The van der Waals surface area contributed by atoms with Gasteiger partial charge < -0.3 is 4.98 Å². The van der Waals surface area contributed by atoms with E-state index in [9.17, 15) is 4.79 Å². The van der Waals surface area contributed by atoms with Crippen LogP contribution >= 0.6 is 15.9 Å². The van der Waals surface area contributed by atoms with Gasteiger partial charge in [0.2, 0.25) is 0 Å². The summed E-state index contributed by atoms with van der Waals surface area (Å²) in [6, 6.07) is 13.7. The predicted molar refractivity (Wildman–Crippen MR) is 76.3 cm³/mol. The fourth-order valence-electron chi connectivity index (χ4n) is 2.11. The Hall–Kier alpha value is -1.81. The molecule has 0 fully saturated rings. The molecule has 0 bridgehead atoms. The van der Waals surface area contributed by atoms with E-state index in [2.05, 4.69) is 20.9 Å². The largest absolute Gasteiger partial charge is 0.331 e. The lowest BCUT2D eigenvalue weighted by Crippen LogP contribution is -2.14. The van der Waals surface area contributed by atoms with Crippen LogP contribution in [0.3, 0.4) is 0 Å². The quantitative estimate of drug-likeness (QED) is 0.735. The first kappa shape index (κ1) is 11.3. The molecule has 18 heavy (non-hydrogen) atoms. The maximum atomic E-state index is 12.1. The minimum atomic E-state index is -0.117. The van der Waals surface area contributed by atoms with Crippen LogP contribution in [0.4, 0.5) is 0 Å². The van der Waals surface area contributed by atoms with Gasteiger partial charge in [-0.2, -0.15) is 0 Å². The lowest BCUT2D eigenvalue weighted by molar-refractivity contribution is 1.01. The van der Waals surface area contributed by atoms with Crippen LogP contribution in [0, 0.1) is 6.92 Å². The predicted octanol–water partition coefficient (Wildman–Crippen LogP) is 3.39. The molecule has 3 aromatic rings. The Morgan fingerprint density at radius 1 is 1.17 bits per heavy atom. The monoisotopic (exact) mass is 302 g/mol. The Labute approximate surface area is 112 Å². The minimum absolute atomic E-state index is 0.117. The van der Waals surface area contributed by atoms with Crippen molar-refractivity contribution in [3.05, 3.63) is 63.0 Å². The average molecular weight is 303 g/mol. The zero-order chi connectivity index (χ0) is 12.7. The molecule has 0 spiro atoms. The van der Waals surface area contributed by atoms with Gasteiger partial charge in [-0.05, 0) is 42.8 Å². The summed E-state index contributed by atoms with van der Waals surface area (Å²) >= 11 is 3.40. The molecule has 1 heterocycles. The second-order valence-electron chi connectivity index (χ2n) is 4.27. The number of rotatable bonds is 1. The van der Waals surface area contributed by atoms with Crippen LogP contribution in [0.15, 0.2) is 51.7 Å². The van der Waals surface area contributed by atoms with Gasteiger partial charge in [0.1, 0.15) is 0 Å². The fraction of sp³-hybridized carbons (Fsp3) is 0.0714. The molecular weight excluding hydrogens is 292 g/mol. The Bertz CT molecular complexity index is 786. The van der Waals surface area contributed by atoms with Crippen LogP contribution in [0.2, 0.25) is 0 Å². The molecule has 0 saturated heterocycles. The fourth-order valence-corrected chi connectivity index (χ4v) is 2.47. The van der Waals surface area contributed by atoms with Gasteiger partial charge in [-0.1, -0.05) is 28.1 Å². The summed E-state index contributed by atoms with van der Waals surface area (Å²) in [7, 11) is 0. The maximum Gasteiger partial charge on any atom is 0.331 e. The van der Waals surface area contributed by atoms with Gasteiger partial charge in [0.05, 0.1) is 16.7 Å². The molecular formula is C14H11BrN2O. The summed E-state index contributed by atoms with van der Waals surface area (Å²) < 4.78 is 2.64. The van der Waals surface area contributed by atoms with Crippen molar-refractivity contribution in [3.63, 3.8) is 0 Å². The highest BCUT2D eigenvalue weighted by atomic mass is 79.9. The maximum absolute atomic E-state index is 12.1. The standard InChI is InChI=1S/C14H11BrN2O/c1-9-3-2-4-11(7-9)17-13-6-5-10(15)8-12(13)16-14(17)18/h2-8H,1H3,(H,16,18). The topological polar surface area (TPSA) is 37.8 Å². The molecule has 0 atom stereocenters. The summed E-state index contributed by atoms with van der Waals surface area (Å²) in [4.78, 5) is 14.9. The molecule has 3 nitrogen and oxygen atoms in total. The molecule has 0 aliphatic carbocycles. The van der Waals surface area contributed by atoms with Gasteiger partial charge in [0, 0.05) is 4.47 Å². The first-order chi connectivity index (χ1) is 8.65. The van der Waals surface area contributed by atoms with Crippen molar-refractivity contribution >= 4 is 27.0 Å². The lowest BCUT2D eigenvalue weighted by Gasteiger charge is -2.04. The van der Waals surface area contributed by atoms with Crippen molar-refractivity contribution in [2.75, 3.05) is 0 Å². The minimum Gasteiger partial charge on any atom is -0.305 e. The number of hydrogen-bond donors (Lipinski definition) is 1. The molecule has 0 amide bonds. The lowest BCUT2D eigenvalue weighted by atomic mass is 10.2. The number of aryl methyl sites for hydroxylation is 1. The van der Waals surface area contributed by atoms with E-state index in [4.69, 9.17) is 0 Å². The molecule has 3 rings (SSSR count). The Morgan fingerprint density at radius 2 is 2.00 bits per heavy atom. The molecule has 90 valence electrons. The van der Waals surface area contributed by atoms with Crippen LogP contribution in [0.25, 0.3) is 16.7 Å². The number of fused-ring (bicyclic) bond motifs is 1. The third kappa shape index (κ3) is 1.78. The van der Waals surface area contributed by atoms with E-state index in [-0.39, 0.29) is 5.69 Å². The summed E-state index contributed by atoms with van der Waals surface area (Å²) in [5, 5.41) is 0. The van der Waals surface area contributed by atoms with Crippen LogP contribution in [0.5, 0.6) is 0 Å². The highest BCUT2D eigenvalue weighted by molar-refractivity contribution is 9.10. The summed E-state index contributed by atoms with van der Waals surface area (Å²) in [5.41, 5.74) is 3.61. The third-order valence-corrected chi connectivity index (χ3v) is 3.40. The number of hydrogen-bond acceptors (Lipinski definition) is 1. The normalized spacial score (nSPS) is 11.0. The molecule has 0 radical (unpaired) electrons. The number of H-pyrrole nitrogens is 1. The molecule has 4 heteroatoms. The highest BCUT2D eigenvalue weighted by Crippen LogP contribution is 2.20. The molecule has 1 N–H and O–H groups in total. The zero-order valence-electron chi connectivity index (χ0n) is 9.77. The van der Waals surface area contributed by atoms with Gasteiger partial charge in [-0.3, -0.25) is 4.57 Å². The first-order valence-electron chi connectivity index (χ1n) is 5.62. The van der Waals surface area contributed by atoms with E-state index in [0.29, 0.717) is 0 Å². The van der Waals surface area contributed by atoms with Crippen LogP contribution < -0.4 is 5.69 Å². The van der Waals surface area contributed by atoms with E-state index in [1.165, 1.54) is 0 Å². The van der Waals surface area contributed by atoms with Gasteiger partial charge >= 0.3 is 5.69 Å². The van der Waals surface area contributed by atoms with Gasteiger partial charge in [0.15, 0.2) is 0 Å². The number of nitrogens with one attached hydrogen (secondary N) is 1. The van der Waals surface area contributed by atoms with Crippen LogP contribution in [-0.4, -0.2) is 9.55 Å². The average Bonchev–Trinajstić information content (AvgIpc) is 2.64. The molecule has 2 aromatic carbocycles. The van der Waals surface area contributed by atoms with Crippen LogP contribution in [0.1, 0.15) is 5.56 Å². The van der Waals surface area contributed by atoms with E-state index >= 15 is 0 Å². The number of aromatic amines is 1. The first-order valence-corrected chi connectivity index (χ1v) is 6.42. The number of imidazole rings is 1. The number of aromatic nitrogens is 2. The van der Waals surface area contributed by atoms with Crippen molar-refractivity contribution in [2.45, 2.75) is 6.92 Å². The summed E-state index contributed by atoms with van der Waals surface area (Å²) in [5.74, 6) is 0. The van der Waals surface area contributed by atoms with Crippen LogP contribution in [-0.2, 0) is 0 Å². The smallest absolute Gasteiger partial charge is 0.305 e. The van der Waals surface area contributed by atoms with Crippen molar-refractivity contribution in [1.29, 1.82) is 0 Å². The molecule has 1 aromatic heterocycles. The second-order valence-corrected chi connectivity index (χ2v) is 5.18. The summed E-state index contributed by atoms with van der Waals surface area (Å²) in [6.07, 6.45) is 0. The van der Waals surface area contributed by atoms with E-state index < -0.39 is 0 Å². The second kappa shape index (κ2) is 4.14. The molecule has 0 saturated carbocycles. The Balaban J connectivity index is 2.35. The Kier molecular flexibility index (Phi) is 2.59. The SMILES string of the molecule is Cc1cccc(-n2c(=O)[nH]c3cc(Br)ccc32)c1. The number of benzene rings is 2. The Morgan fingerprint density at radius 3 is 2.78 bits per heavy atom. The van der Waals surface area contributed by atoms with E-state index in [1.807, 2.05) is 49.4 Å². The van der Waals surface area contributed by atoms with E-state index in [0.717, 1.165) is 26.8 Å². The zero-order valence-corrected chi connectivity index (χ0v) is 11.4. The molecule has 0 unspecified atom stereocenters. The number of nitrogens with zero attached hydrogens (tertiary/aromatic N) is 1. The van der Waals surface area contributed by atoms with Gasteiger partial charge in [-0.15, -0.1) is 0 Å². The third-order valence-electron chi connectivity index (χ3n) is 2.90. The van der Waals surface area contributed by atoms with Crippen molar-refractivity contribution in [1.82, 2.24) is 9.55 Å². The van der Waals surface area contributed by atoms with Gasteiger partial charge in [0.25, 0.3) is 0 Å². The van der Waals surface area contributed by atoms with Gasteiger partial charge in [-0.25, -0.2) is 4.79 Å². The molecule has 0 aliphatic heterocycles. The van der Waals surface area contributed by atoms with Crippen molar-refractivity contribution in [2.24, 2.45) is 0 Å². The molecule has 0 aliphatic rings.